The molecule has 0 spiro atoms. The molecule has 0 aliphatic heterocycles. The molecule has 0 saturated carbocycles. The van der Waals surface area contributed by atoms with Gasteiger partial charge in [-0.05, 0) is 23.1 Å². The smallest absolute Gasteiger partial charge is 0.0816 e. The van der Waals surface area contributed by atoms with E-state index in [1.807, 2.05) is 41.8 Å². The van der Waals surface area contributed by atoms with Crippen LogP contribution in [-0.4, -0.2) is 0 Å². The second-order valence-electron chi connectivity index (χ2n) is 3.14. The minimum absolute atomic E-state index is 0.0290. The Kier molecular flexibility index (Phi) is 3.38. The number of rotatable bonds is 3. The van der Waals surface area contributed by atoms with Gasteiger partial charge in [0.2, 0.25) is 0 Å². The maximum Gasteiger partial charge on any atom is 0.0816 e. The molecule has 1 aromatic carbocycles. The summed E-state index contributed by atoms with van der Waals surface area (Å²) in [5.41, 5.74) is 3.79. The van der Waals surface area contributed by atoms with E-state index in [0.717, 1.165) is 15.5 Å². The van der Waals surface area contributed by atoms with Gasteiger partial charge >= 0.3 is 0 Å². The molecule has 0 aliphatic rings. The van der Waals surface area contributed by atoms with Gasteiger partial charge in [-0.1, -0.05) is 35.9 Å². The van der Waals surface area contributed by atoms with Crippen molar-refractivity contribution in [3.8, 4) is 0 Å². The summed E-state index contributed by atoms with van der Waals surface area (Å²) in [6.07, 6.45) is 0. The van der Waals surface area contributed by atoms with E-state index in [1.165, 1.54) is 0 Å². The van der Waals surface area contributed by atoms with E-state index in [2.05, 4.69) is 5.43 Å². The van der Waals surface area contributed by atoms with Crippen molar-refractivity contribution in [1.82, 2.24) is 5.43 Å². The molecule has 1 atom stereocenters. The lowest BCUT2D eigenvalue weighted by Crippen LogP contribution is -2.28. The van der Waals surface area contributed by atoms with Gasteiger partial charge in [0.1, 0.15) is 0 Å². The zero-order chi connectivity index (χ0) is 10.7. The summed E-state index contributed by atoms with van der Waals surface area (Å²) in [4.78, 5) is 1.16. The van der Waals surface area contributed by atoms with Crippen molar-refractivity contribution in [1.29, 1.82) is 0 Å². The summed E-state index contributed by atoms with van der Waals surface area (Å²) in [6.45, 7) is 0. The number of hydrazine groups is 1. The van der Waals surface area contributed by atoms with E-state index in [-0.39, 0.29) is 6.04 Å². The molecule has 3 N–H and O–H groups in total. The molecule has 78 valence electrons. The lowest BCUT2D eigenvalue weighted by Gasteiger charge is -2.15. The van der Waals surface area contributed by atoms with Gasteiger partial charge in [-0.2, -0.15) is 0 Å². The Morgan fingerprint density at radius 3 is 2.60 bits per heavy atom. The average molecular weight is 239 g/mol. The molecular formula is C11H11ClN2S. The van der Waals surface area contributed by atoms with Crippen LogP contribution in [0.5, 0.6) is 0 Å². The first kappa shape index (κ1) is 10.6. The van der Waals surface area contributed by atoms with Gasteiger partial charge in [-0.25, -0.2) is 5.43 Å². The Morgan fingerprint density at radius 1 is 1.20 bits per heavy atom. The Morgan fingerprint density at radius 2 is 2.00 bits per heavy atom. The van der Waals surface area contributed by atoms with Crippen LogP contribution in [0, 0.1) is 0 Å². The van der Waals surface area contributed by atoms with Crippen molar-refractivity contribution < 1.29 is 0 Å². The van der Waals surface area contributed by atoms with E-state index in [4.69, 9.17) is 17.4 Å². The minimum atomic E-state index is -0.0290. The van der Waals surface area contributed by atoms with E-state index in [0.29, 0.717) is 0 Å². The number of nitrogens with one attached hydrogen (secondary N) is 1. The zero-order valence-electron chi connectivity index (χ0n) is 7.98. The number of hydrogen-bond donors (Lipinski definition) is 2. The fourth-order valence-electron chi connectivity index (χ4n) is 1.49. The molecule has 2 aromatic rings. The van der Waals surface area contributed by atoms with Gasteiger partial charge in [-0.3, -0.25) is 5.84 Å². The van der Waals surface area contributed by atoms with Crippen molar-refractivity contribution >= 4 is 22.9 Å². The van der Waals surface area contributed by atoms with Crippen LogP contribution in [0.25, 0.3) is 0 Å². The largest absolute Gasteiger partial charge is 0.271 e. The quantitative estimate of drug-likeness (QED) is 0.637. The summed E-state index contributed by atoms with van der Waals surface area (Å²) in [5, 5.41) is 2.75. The highest BCUT2D eigenvalue weighted by Crippen LogP contribution is 2.29. The van der Waals surface area contributed by atoms with Gasteiger partial charge in [0.25, 0.3) is 0 Å². The van der Waals surface area contributed by atoms with Crippen molar-refractivity contribution in [3.63, 3.8) is 0 Å². The number of thiophene rings is 1. The standard InChI is InChI=1S/C11H11ClN2S/c12-9-5-2-1-4-8(9)11(14-13)10-6-3-7-15-10/h1-7,11,14H,13H2. The van der Waals surface area contributed by atoms with Crippen molar-refractivity contribution in [2.75, 3.05) is 0 Å². The van der Waals surface area contributed by atoms with E-state index in [9.17, 15) is 0 Å². The lowest BCUT2D eigenvalue weighted by atomic mass is 10.1. The monoisotopic (exact) mass is 238 g/mol. The minimum Gasteiger partial charge on any atom is -0.271 e. The van der Waals surface area contributed by atoms with Crippen LogP contribution in [0.4, 0.5) is 0 Å². The third kappa shape index (κ3) is 2.21. The highest BCUT2D eigenvalue weighted by molar-refractivity contribution is 7.10. The summed E-state index contributed by atoms with van der Waals surface area (Å²) < 4.78 is 0. The topological polar surface area (TPSA) is 38.0 Å². The zero-order valence-corrected chi connectivity index (χ0v) is 9.55. The van der Waals surface area contributed by atoms with Crippen LogP contribution in [0.1, 0.15) is 16.5 Å². The van der Waals surface area contributed by atoms with E-state index in [1.54, 1.807) is 11.3 Å². The number of benzene rings is 1. The molecule has 4 heteroatoms. The van der Waals surface area contributed by atoms with Crippen LogP contribution in [0.15, 0.2) is 41.8 Å². The summed E-state index contributed by atoms with van der Waals surface area (Å²) in [7, 11) is 0. The van der Waals surface area contributed by atoms with E-state index >= 15 is 0 Å². The first-order valence-electron chi connectivity index (χ1n) is 4.57. The predicted molar refractivity (Wildman–Crippen MR) is 64.9 cm³/mol. The Balaban J connectivity index is 2.40. The first-order chi connectivity index (χ1) is 7.33. The Hall–Kier alpha value is -0.870. The third-order valence-corrected chi connectivity index (χ3v) is 3.49. The fraction of sp³-hybridized carbons (Fsp3) is 0.0909. The molecule has 2 rings (SSSR count). The molecular weight excluding hydrogens is 228 g/mol. The Labute approximate surface area is 97.7 Å². The second kappa shape index (κ2) is 4.77. The van der Waals surface area contributed by atoms with Crippen LogP contribution in [0.2, 0.25) is 5.02 Å². The van der Waals surface area contributed by atoms with Crippen LogP contribution >= 0.6 is 22.9 Å². The molecule has 0 saturated heterocycles. The number of nitrogens with two attached hydrogens (primary N) is 1. The second-order valence-corrected chi connectivity index (χ2v) is 4.52. The van der Waals surface area contributed by atoms with Gasteiger partial charge in [0.05, 0.1) is 6.04 Å². The molecule has 15 heavy (non-hydrogen) atoms. The molecule has 2 nitrogen and oxygen atoms in total. The van der Waals surface area contributed by atoms with E-state index < -0.39 is 0 Å². The molecule has 1 heterocycles. The lowest BCUT2D eigenvalue weighted by molar-refractivity contribution is 0.647. The predicted octanol–water partition coefficient (Wildman–Crippen LogP) is 2.95. The normalized spacial score (nSPS) is 12.7. The SMILES string of the molecule is NNC(c1cccs1)c1ccccc1Cl. The number of hydrogen-bond acceptors (Lipinski definition) is 3. The molecule has 1 aromatic heterocycles. The highest BCUT2D eigenvalue weighted by atomic mass is 35.5. The van der Waals surface area contributed by atoms with Gasteiger partial charge in [0, 0.05) is 9.90 Å². The first-order valence-corrected chi connectivity index (χ1v) is 5.82. The summed E-state index contributed by atoms with van der Waals surface area (Å²) >= 11 is 7.78. The highest BCUT2D eigenvalue weighted by Gasteiger charge is 2.15. The average Bonchev–Trinajstić information content (AvgIpc) is 2.75. The van der Waals surface area contributed by atoms with Gasteiger partial charge in [-0.15, -0.1) is 11.3 Å². The maximum atomic E-state index is 6.12. The van der Waals surface area contributed by atoms with Crippen LogP contribution in [0.3, 0.4) is 0 Å². The number of halogens is 1. The van der Waals surface area contributed by atoms with Crippen molar-refractivity contribution in [2.24, 2.45) is 5.84 Å². The Bertz CT molecular complexity index is 428. The van der Waals surface area contributed by atoms with Crippen molar-refractivity contribution in [2.45, 2.75) is 6.04 Å². The third-order valence-electron chi connectivity index (χ3n) is 2.21. The fourth-order valence-corrected chi connectivity index (χ4v) is 2.54. The summed E-state index contributed by atoms with van der Waals surface area (Å²) in [6, 6.07) is 11.7. The molecule has 0 aliphatic carbocycles. The summed E-state index contributed by atoms with van der Waals surface area (Å²) in [5.74, 6) is 5.56. The maximum absolute atomic E-state index is 6.12. The van der Waals surface area contributed by atoms with Gasteiger partial charge in [0.15, 0.2) is 0 Å². The molecule has 0 amide bonds. The molecule has 0 fully saturated rings. The van der Waals surface area contributed by atoms with Gasteiger partial charge < -0.3 is 0 Å². The molecule has 0 radical (unpaired) electrons. The van der Waals surface area contributed by atoms with Crippen LogP contribution < -0.4 is 11.3 Å². The van der Waals surface area contributed by atoms with Crippen molar-refractivity contribution in [3.05, 3.63) is 57.2 Å². The molecule has 0 bridgehead atoms. The molecule has 1 unspecified atom stereocenters. The van der Waals surface area contributed by atoms with Crippen LogP contribution in [-0.2, 0) is 0 Å².